The second kappa shape index (κ2) is 5.74. The molecule has 0 aromatic carbocycles. The van der Waals surface area contributed by atoms with Crippen LogP contribution in [0.2, 0.25) is 0 Å². The Morgan fingerprint density at radius 2 is 2.06 bits per heavy atom. The Bertz CT molecular complexity index is 345. The highest BCUT2D eigenvalue weighted by atomic mass is 35.5. The number of halogens is 1. The SMILES string of the molecule is Cl.c1nn(C2CCNCC2)cc1OCC1CC1. The van der Waals surface area contributed by atoms with Gasteiger partial charge in [0.2, 0.25) is 0 Å². The summed E-state index contributed by atoms with van der Waals surface area (Å²) in [7, 11) is 0. The molecule has 1 aliphatic carbocycles. The molecule has 0 atom stereocenters. The summed E-state index contributed by atoms with van der Waals surface area (Å²) in [6, 6.07) is 0.555. The lowest BCUT2D eigenvalue weighted by atomic mass is 10.1. The average molecular weight is 258 g/mol. The third kappa shape index (κ3) is 3.36. The van der Waals surface area contributed by atoms with Crippen molar-refractivity contribution >= 4 is 12.4 Å². The van der Waals surface area contributed by atoms with E-state index >= 15 is 0 Å². The van der Waals surface area contributed by atoms with Crippen molar-refractivity contribution in [2.24, 2.45) is 5.92 Å². The van der Waals surface area contributed by atoms with Crippen LogP contribution in [0.1, 0.15) is 31.7 Å². The zero-order chi connectivity index (χ0) is 10.8. The maximum Gasteiger partial charge on any atom is 0.157 e. The van der Waals surface area contributed by atoms with Gasteiger partial charge in [-0.3, -0.25) is 4.68 Å². The minimum absolute atomic E-state index is 0. The van der Waals surface area contributed by atoms with Crippen molar-refractivity contribution in [3.63, 3.8) is 0 Å². The van der Waals surface area contributed by atoms with Gasteiger partial charge in [0.1, 0.15) is 0 Å². The molecule has 96 valence electrons. The highest BCUT2D eigenvalue weighted by molar-refractivity contribution is 5.85. The van der Waals surface area contributed by atoms with Crippen molar-refractivity contribution in [3.05, 3.63) is 12.4 Å². The predicted molar refractivity (Wildman–Crippen MR) is 68.8 cm³/mol. The Morgan fingerprint density at radius 3 is 2.76 bits per heavy atom. The smallest absolute Gasteiger partial charge is 0.157 e. The number of nitrogens with one attached hydrogen (secondary N) is 1. The van der Waals surface area contributed by atoms with E-state index in [0.29, 0.717) is 6.04 Å². The van der Waals surface area contributed by atoms with Crippen LogP contribution in [0.25, 0.3) is 0 Å². The maximum absolute atomic E-state index is 5.70. The van der Waals surface area contributed by atoms with Gasteiger partial charge in [0.05, 0.1) is 25.0 Å². The molecule has 1 saturated heterocycles. The molecule has 5 heteroatoms. The van der Waals surface area contributed by atoms with Crippen molar-refractivity contribution in [1.29, 1.82) is 0 Å². The predicted octanol–water partition coefficient (Wildman–Crippen LogP) is 2.02. The van der Waals surface area contributed by atoms with Gasteiger partial charge in [0, 0.05) is 0 Å². The molecular weight excluding hydrogens is 238 g/mol. The van der Waals surface area contributed by atoms with Crippen LogP contribution in [0.5, 0.6) is 5.75 Å². The summed E-state index contributed by atoms with van der Waals surface area (Å²) < 4.78 is 7.77. The van der Waals surface area contributed by atoms with E-state index in [4.69, 9.17) is 4.74 Å². The molecule has 4 nitrogen and oxygen atoms in total. The van der Waals surface area contributed by atoms with Crippen LogP contribution in [-0.4, -0.2) is 29.5 Å². The molecule has 1 aromatic rings. The molecule has 1 N–H and O–H groups in total. The van der Waals surface area contributed by atoms with Crippen LogP contribution in [0.3, 0.4) is 0 Å². The number of hydrogen-bond acceptors (Lipinski definition) is 3. The molecule has 2 aliphatic rings. The van der Waals surface area contributed by atoms with E-state index in [1.54, 1.807) is 0 Å². The molecule has 17 heavy (non-hydrogen) atoms. The van der Waals surface area contributed by atoms with Crippen molar-refractivity contribution in [2.75, 3.05) is 19.7 Å². The first kappa shape index (κ1) is 12.7. The standard InChI is InChI=1S/C12H19N3O.ClH/c1-2-10(1)9-16-12-7-14-15(8-12)11-3-5-13-6-4-11;/h7-8,10-11,13H,1-6,9H2;1H. The second-order valence-corrected chi connectivity index (χ2v) is 4.89. The van der Waals surface area contributed by atoms with Crippen LogP contribution in [-0.2, 0) is 0 Å². The van der Waals surface area contributed by atoms with Crippen molar-refractivity contribution in [3.8, 4) is 5.75 Å². The second-order valence-electron chi connectivity index (χ2n) is 4.89. The number of piperidine rings is 1. The lowest BCUT2D eigenvalue weighted by Crippen LogP contribution is -2.29. The van der Waals surface area contributed by atoms with Crippen LogP contribution < -0.4 is 10.1 Å². The fraction of sp³-hybridized carbons (Fsp3) is 0.750. The van der Waals surface area contributed by atoms with Crippen LogP contribution in [0.15, 0.2) is 12.4 Å². The molecule has 0 radical (unpaired) electrons. The normalized spacial score (nSPS) is 20.9. The first-order valence-corrected chi connectivity index (χ1v) is 6.29. The van der Waals surface area contributed by atoms with E-state index in [9.17, 15) is 0 Å². The van der Waals surface area contributed by atoms with Crippen LogP contribution in [0, 0.1) is 5.92 Å². The van der Waals surface area contributed by atoms with E-state index in [1.807, 2.05) is 6.20 Å². The molecule has 2 fully saturated rings. The van der Waals surface area contributed by atoms with Crippen molar-refractivity contribution in [2.45, 2.75) is 31.7 Å². The topological polar surface area (TPSA) is 39.1 Å². The minimum atomic E-state index is 0. The quantitative estimate of drug-likeness (QED) is 0.897. The Hall–Kier alpha value is -0.740. The Labute approximate surface area is 108 Å². The first-order chi connectivity index (χ1) is 7.92. The van der Waals surface area contributed by atoms with Crippen LogP contribution >= 0.6 is 12.4 Å². The van der Waals surface area contributed by atoms with E-state index in [1.165, 1.54) is 25.7 Å². The van der Waals surface area contributed by atoms with E-state index in [2.05, 4.69) is 21.3 Å². The van der Waals surface area contributed by atoms with Gasteiger partial charge >= 0.3 is 0 Å². The van der Waals surface area contributed by atoms with Gasteiger partial charge in [-0.1, -0.05) is 0 Å². The molecule has 1 aliphatic heterocycles. The number of nitrogens with zero attached hydrogens (tertiary/aromatic N) is 2. The Kier molecular flexibility index (Phi) is 4.29. The Morgan fingerprint density at radius 1 is 1.29 bits per heavy atom. The summed E-state index contributed by atoms with van der Waals surface area (Å²) in [5.74, 6) is 1.74. The summed E-state index contributed by atoms with van der Waals surface area (Å²) in [6.07, 6.45) is 8.92. The molecular formula is C12H20ClN3O. The Balaban J connectivity index is 0.00000108. The number of ether oxygens (including phenoxy) is 1. The maximum atomic E-state index is 5.70. The summed E-state index contributed by atoms with van der Waals surface area (Å²) >= 11 is 0. The van der Waals surface area contributed by atoms with Crippen LogP contribution in [0.4, 0.5) is 0 Å². The fourth-order valence-corrected chi connectivity index (χ4v) is 2.16. The van der Waals surface area contributed by atoms with E-state index in [-0.39, 0.29) is 12.4 Å². The lowest BCUT2D eigenvalue weighted by molar-refractivity contribution is 0.297. The molecule has 2 heterocycles. The van der Waals surface area contributed by atoms with Gasteiger partial charge in [0.25, 0.3) is 0 Å². The number of rotatable bonds is 4. The fourth-order valence-electron chi connectivity index (χ4n) is 2.16. The van der Waals surface area contributed by atoms with Gasteiger partial charge in [0.15, 0.2) is 5.75 Å². The van der Waals surface area contributed by atoms with E-state index in [0.717, 1.165) is 31.4 Å². The summed E-state index contributed by atoms with van der Waals surface area (Å²) in [5.41, 5.74) is 0. The minimum Gasteiger partial charge on any atom is -0.490 e. The van der Waals surface area contributed by atoms with Gasteiger partial charge in [-0.25, -0.2) is 0 Å². The number of aromatic nitrogens is 2. The molecule has 3 rings (SSSR count). The highest BCUT2D eigenvalue weighted by Gasteiger charge is 2.22. The molecule has 0 bridgehead atoms. The van der Waals surface area contributed by atoms with Gasteiger partial charge in [-0.05, 0) is 44.7 Å². The zero-order valence-electron chi connectivity index (χ0n) is 9.97. The van der Waals surface area contributed by atoms with Crippen molar-refractivity contribution < 1.29 is 4.74 Å². The average Bonchev–Trinajstić information content (AvgIpc) is 3.05. The third-order valence-electron chi connectivity index (χ3n) is 3.44. The largest absolute Gasteiger partial charge is 0.490 e. The molecule has 1 aromatic heterocycles. The van der Waals surface area contributed by atoms with Gasteiger partial charge in [-0.15, -0.1) is 12.4 Å². The summed E-state index contributed by atoms with van der Waals surface area (Å²) in [4.78, 5) is 0. The first-order valence-electron chi connectivity index (χ1n) is 6.29. The molecule has 0 amide bonds. The molecule has 1 saturated carbocycles. The molecule has 0 unspecified atom stereocenters. The third-order valence-corrected chi connectivity index (χ3v) is 3.44. The van der Waals surface area contributed by atoms with Gasteiger partial charge < -0.3 is 10.1 Å². The zero-order valence-corrected chi connectivity index (χ0v) is 10.8. The van der Waals surface area contributed by atoms with Gasteiger partial charge in [-0.2, -0.15) is 5.10 Å². The highest BCUT2D eigenvalue weighted by Crippen LogP contribution is 2.29. The van der Waals surface area contributed by atoms with Crippen molar-refractivity contribution in [1.82, 2.24) is 15.1 Å². The number of hydrogen-bond donors (Lipinski definition) is 1. The van der Waals surface area contributed by atoms with E-state index < -0.39 is 0 Å². The molecule has 0 spiro atoms. The summed E-state index contributed by atoms with van der Waals surface area (Å²) in [6.45, 7) is 3.07. The summed E-state index contributed by atoms with van der Waals surface area (Å²) in [5, 5.41) is 7.77. The lowest BCUT2D eigenvalue weighted by Gasteiger charge is -2.22. The monoisotopic (exact) mass is 257 g/mol.